The van der Waals surface area contributed by atoms with Gasteiger partial charge in [0, 0.05) is 25.8 Å². The molecule has 0 unspecified atom stereocenters. The van der Waals surface area contributed by atoms with Crippen molar-refractivity contribution in [1.82, 2.24) is 20.4 Å². The highest BCUT2D eigenvalue weighted by Crippen LogP contribution is 2.06. The van der Waals surface area contributed by atoms with Gasteiger partial charge in [0.1, 0.15) is 0 Å². The van der Waals surface area contributed by atoms with E-state index in [-0.39, 0.29) is 24.0 Å². The summed E-state index contributed by atoms with van der Waals surface area (Å²) in [4.78, 5) is 4.58. The Kier molecular flexibility index (Phi) is 9.14. The van der Waals surface area contributed by atoms with Gasteiger partial charge in [-0.3, -0.25) is 4.68 Å². The van der Waals surface area contributed by atoms with Crippen LogP contribution in [0.15, 0.2) is 34.2 Å². The average Bonchev–Trinajstić information content (AvgIpc) is 3.12. The first-order valence-electron chi connectivity index (χ1n) is 7.30. The maximum absolute atomic E-state index is 4.58. The summed E-state index contributed by atoms with van der Waals surface area (Å²) in [5.41, 5.74) is 2.46. The molecule has 5 nitrogen and oxygen atoms in total. The number of rotatable bonds is 7. The second kappa shape index (κ2) is 10.6. The van der Waals surface area contributed by atoms with Gasteiger partial charge in [-0.25, -0.2) is 4.99 Å². The zero-order valence-corrected chi connectivity index (χ0v) is 16.2. The zero-order valence-electron chi connectivity index (χ0n) is 13.1. The molecular formula is C15H24IN5S. The third kappa shape index (κ3) is 6.78. The lowest BCUT2D eigenvalue weighted by Crippen LogP contribution is -2.38. The summed E-state index contributed by atoms with van der Waals surface area (Å²) < 4.78 is 1.98. The molecule has 0 fully saturated rings. The van der Waals surface area contributed by atoms with Crippen LogP contribution in [0.1, 0.15) is 24.5 Å². The minimum Gasteiger partial charge on any atom is -0.357 e. The zero-order chi connectivity index (χ0) is 14.9. The van der Waals surface area contributed by atoms with Crippen molar-refractivity contribution < 1.29 is 0 Å². The summed E-state index contributed by atoms with van der Waals surface area (Å²) in [6.07, 6.45) is 4.97. The maximum atomic E-state index is 4.58. The molecule has 0 saturated heterocycles. The third-order valence-electron chi connectivity index (χ3n) is 2.96. The molecule has 0 radical (unpaired) electrons. The number of guanidine groups is 1. The number of thiophene rings is 1. The number of aliphatic imine (C=N–C) groups is 1. The van der Waals surface area contributed by atoms with E-state index in [1.807, 2.05) is 10.9 Å². The molecule has 2 rings (SSSR count). The summed E-state index contributed by atoms with van der Waals surface area (Å²) in [7, 11) is 0. The first-order chi connectivity index (χ1) is 10.3. The summed E-state index contributed by atoms with van der Waals surface area (Å²) in [5, 5.41) is 15.1. The Morgan fingerprint density at radius 2 is 2.27 bits per heavy atom. The fraction of sp³-hybridized carbons (Fsp3) is 0.467. The van der Waals surface area contributed by atoms with Crippen LogP contribution in [0.4, 0.5) is 0 Å². The molecule has 0 aliphatic rings. The van der Waals surface area contributed by atoms with Crippen molar-refractivity contribution in [3.05, 3.63) is 40.3 Å². The number of hydrogen-bond donors (Lipinski definition) is 2. The van der Waals surface area contributed by atoms with Crippen LogP contribution in [0.25, 0.3) is 0 Å². The SMILES string of the molecule is CCNC(=NCc1ccsc1)NCCCn1cc(C)cn1.I. The number of nitrogens with one attached hydrogen (secondary N) is 2. The van der Waals surface area contributed by atoms with Crippen LogP contribution in [0.2, 0.25) is 0 Å². The maximum Gasteiger partial charge on any atom is 0.191 e. The minimum absolute atomic E-state index is 0. The van der Waals surface area contributed by atoms with E-state index in [1.165, 1.54) is 11.1 Å². The first-order valence-corrected chi connectivity index (χ1v) is 8.24. The highest BCUT2D eigenvalue weighted by Gasteiger charge is 1.98. The van der Waals surface area contributed by atoms with E-state index in [0.717, 1.165) is 38.6 Å². The number of halogens is 1. The van der Waals surface area contributed by atoms with Crippen LogP contribution >= 0.6 is 35.3 Å². The van der Waals surface area contributed by atoms with E-state index in [2.05, 4.69) is 57.6 Å². The Labute approximate surface area is 153 Å². The molecule has 0 aliphatic carbocycles. The summed E-state index contributed by atoms with van der Waals surface area (Å²) in [6, 6.07) is 2.11. The fourth-order valence-electron chi connectivity index (χ4n) is 1.93. The first kappa shape index (κ1) is 19.0. The molecular weight excluding hydrogens is 409 g/mol. The van der Waals surface area contributed by atoms with Gasteiger partial charge >= 0.3 is 0 Å². The summed E-state index contributed by atoms with van der Waals surface area (Å²) in [6.45, 7) is 7.53. The van der Waals surface area contributed by atoms with Crippen molar-refractivity contribution in [2.24, 2.45) is 4.99 Å². The Hall–Kier alpha value is -1.09. The molecule has 2 heterocycles. The molecule has 0 spiro atoms. The van der Waals surface area contributed by atoms with Gasteiger partial charge < -0.3 is 10.6 Å². The van der Waals surface area contributed by atoms with Crippen LogP contribution < -0.4 is 10.6 Å². The van der Waals surface area contributed by atoms with Gasteiger partial charge in [-0.05, 0) is 48.2 Å². The topological polar surface area (TPSA) is 54.2 Å². The van der Waals surface area contributed by atoms with Crippen LogP contribution in [-0.2, 0) is 13.1 Å². The van der Waals surface area contributed by atoms with Crippen molar-refractivity contribution in [3.8, 4) is 0 Å². The van der Waals surface area contributed by atoms with Crippen molar-refractivity contribution in [3.63, 3.8) is 0 Å². The molecule has 0 amide bonds. The number of nitrogens with zero attached hydrogens (tertiary/aromatic N) is 3. The minimum atomic E-state index is 0. The van der Waals surface area contributed by atoms with Crippen molar-refractivity contribution in [2.45, 2.75) is 33.4 Å². The van der Waals surface area contributed by atoms with Gasteiger partial charge in [0.2, 0.25) is 0 Å². The van der Waals surface area contributed by atoms with E-state index in [4.69, 9.17) is 0 Å². The van der Waals surface area contributed by atoms with E-state index >= 15 is 0 Å². The fourth-order valence-corrected chi connectivity index (χ4v) is 2.59. The molecule has 2 aromatic heterocycles. The standard InChI is InChI=1S/C15H23N5S.HI/c1-3-16-15(18-10-14-5-8-21-12-14)17-6-4-7-20-11-13(2)9-19-20;/h5,8-9,11-12H,3-4,6-7,10H2,1-2H3,(H2,16,17,18);1H. The second-order valence-electron chi connectivity index (χ2n) is 4.89. The van der Waals surface area contributed by atoms with Crippen LogP contribution in [0, 0.1) is 6.92 Å². The van der Waals surface area contributed by atoms with Crippen molar-refractivity contribution >= 4 is 41.3 Å². The Morgan fingerprint density at radius 3 is 2.91 bits per heavy atom. The third-order valence-corrected chi connectivity index (χ3v) is 3.69. The lowest BCUT2D eigenvalue weighted by molar-refractivity contribution is 0.570. The van der Waals surface area contributed by atoms with Gasteiger partial charge in [-0.2, -0.15) is 16.4 Å². The predicted molar refractivity (Wildman–Crippen MR) is 104 cm³/mol. The second-order valence-corrected chi connectivity index (χ2v) is 5.67. The van der Waals surface area contributed by atoms with Gasteiger partial charge in [-0.15, -0.1) is 24.0 Å². The lowest BCUT2D eigenvalue weighted by Gasteiger charge is -2.11. The lowest BCUT2D eigenvalue weighted by atomic mass is 10.3. The highest BCUT2D eigenvalue weighted by atomic mass is 127. The number of aromatic nitrogens is 2. The van der Waals surface area contributed by atoms with Gasteiger partial charge in [0.15, 0.2) is 5.96 Å². The smallest absolute Gasteiger partial charge is 0.191 e. The average molecular weight is 433 g/mol. The predicted octanol–water partition coefficient (Wildman–Crippen LogP) is 3.02. The van der Waals surface area contributed by atoms with Gasteiger partial charge in [0.05, 0.1) is 12.7 Å². The molecule has 22 heavy (non-hydrogen) atoms. The van der Waals surface area contributed by atoms with Crippen molar-refractivity contribution in [1.29, 1.82) is 0 Å². The Bertz CT molecular complexity index is 550. The Balaban J connectivity index is 0.00000242. The van der Waals surface area contributed by atoms with Crippen LogP contribution in [-0.4, -0.2) is 28.8 Å². The normalized spacial score (nSPS) is 11.1. The van der Waals surface area contributed by atoms with E-state index in [0.29, 0.717) is 0 Å². The number of hydrogen-bond acceptors (Lipinski definition) is 3. The van der Waals surface area contributed by atoms with Crippen LogP contribution in [0.3, 0.4) is 0 Å². The summed E-state index contributed by atoms with van der Waals surface area (Å²) >= 11 is 1.71. The molecule has 122 valence electrons. The molecule has 0 saturated carbocycles. The molecule has 0 aromatic carbocycles. The van der Waals surface area contributed by atoms with E-state index in [1.54, 1.807) is 11.3 Å². The highest BCUT2D eigenvalue weighted by molar-refractivity contribution is 14.0. The van der Waals surface area contributed by atoms with Crippen LogP contribution in [0.5, 0.6) is 0 Å². The molecule has 0 aliphatic heterocycles. The van der Waals surface area contributed by atoms with E-state index in [9.17, 15) is 0 Å². The van der Waals surface area contributed by atoms with E-state index < -0.39 is 0 Å². The van der Waals surface area contributed by atoms with Gasteiger partial charge in [0.25, 0.3) is 0 Å². The molecule has 2 N–H and O–H groups in total. The molecule has 2 aromatic rings. The quantitative estimate of drug-likeness (QED) is 0.306. The summed E-state index contributed by atoms with van der Waals surface area (Å²) in [5.74, 6) is 0.875. The molecule has 0 atom stereocenters. The monoisotopic (exact) mass is 433 g/mol. The molecule has 7 heteroatoms. The Morgan fingerprint density at radius 1 is 1.41 bits per heavy atom. The molecule has 0 bridgehead atoms. The van der Waals surface area contributed by atoms with Gasteiger partial charge in [-0.1, -0.05) is 0 Å². The largest absolute Gasteiger partial charge is 0.357 e. The number of aryl methyl sites for hydroxylation is 2. The van der Waals surface area contributed by atoms with Crippen molar-refractivity contribution in [2.75, 3.05) is 13.1 Å².